The molecule has 0 radical (unpaired) electrons. The molecule has 0 saturated carbocycles. The summed E-state index contributed by atoms with van der Waals surface area (Å²) in [5.74, 6) is -0.324. The van der Waals surface area contributed by atoms with Crippen LogP contribution in [0.25, 0.3) is 16.9 Å². The molecule has 0 unspecified atom stereocenters. The highest BCUT2D eigenvalue weighted by Crippen LogP contribution is 2.27. The van der Waals surface area contributed by atoms with Crippen molar-refractivity contribution in [2.75, 3.05) is 20.7 Å². The average molecular weight is 323 g/mol. The Bertz CT molecular complexity index is 851. The van der Waals surface area contributed by atoms with Gasteiger partial charge in [-0.05, 0) is 50.8 Å². The monoisotopic (exact) mass is 323 g/mol. The number of fused-ring (bicyclic) bond motifs is 1. The quantitative estimate of drug-likeness (QED) is 0.676. The third kappa shape index (κ3) is 3.16. The van der Waals surface area contributed by atoms with E-state index in [1.807, 2.05) is 74.2 Å². The predicted molar refractivity (Wildman–Crippen MR) is 94.0 cm³/mol. The zero-order valence-corrected chi connectivity index (χ0v) is 14.2. The fourth-order valence-corrected chi connectivity index (χ4v) is 2.77. The van der Waals surface area contributed by atoms with Crippen molar-refractivity contribution in [3.05, 3.63) is 59.9 Å². The van der Waals surface area contributed by atoms with Crippen molar-refractivity contribution >= 4 is 11.5 Å². The Kier molecular flexibility index (Phi) is 4.62. The minimum atomic E-state index is -0.324. The third-order valence-electron chi connectivity index (χ3n) is 3.74. The van der Waals surface area contributed by atoms with E-state index in [1.165, 1.54) is 0 Å². The van der Waals surface area contributed by atoms with Gasteiger partial charge in [0, 0.05) is 24.5 Å². The molecule has 3 heterocycles. The summed E-state index contributed by atoms with van der Waals surface area (Å²) in [6, 6.07) is 11.7. The molecule has 3 aromatic rings. The van der Waals surface area contributed by atoms with Gasteiger partial charge in [0.15, 0.2) is 0 Å². The highest BCUT2D eigenvalue weighted by atomic mass is 16.5. The molecule has 5 heteroatoms. The molecule has 0 aliphatic heterocycles. The molecule has 0 atom stereocenters. The van der Waals surface area contributed by atoms with Gasteiger partial charge in [-0.25, -0.2) is 4.79 Å². The summed E-state index contributed by atoms with van der Waals surface area (Å²) in [5.41, 5.74) is 4.13. The van der Waals surface area contributed by atoms with Crippen LogP contribution in [0.2, 0.25) is 0 Å². The number of aromatic nitrogens is 2. The summed E-state index contributed by atoms with van der Waals surface area (Å²) < 4.78 is 7.18. The van der Waals surface area contributed by atoms with Crippen LogP contribution in [0.4, 0.5) is 0 Å². The van der Waals surface area contributed by atoms with Gasteiger partial charge in [-0.15, -0.1) is 0 Å². The van der Waals surface area contributed by atoms with Crippen LogP contribution in [0, 0.1) is 0 Å². The molecule has 0 fully saturated rings. The Morgan fingerprint density at radius 3 is 2.75 bits per heavy atom. The number of hydrogen-bond acceptors (Lipinski definition) is 4. The first-order valence-corrected chi connectivity index (χ1v) is 7.97. The first-order chi connectivity index (χ1) is 11.6. The molecule has 5 nitrogen and oxygen atoms in total. The minimum absolute atomic E-state index is 0.324. The van der Waals surface area contributed by atoms with Gasteiger partial charge in [0.25, 0.3) is 0 Å². The SMILES string of the molecule is CCOC(=O)c1cc2ccccn2c1-c1ccc(CN(C)C)cn1. The van der Waals surface area contributed by atoms with Crippen molar-refractivity contribution in [3.8, 4) is 11.4 Å². The molecule has 0 N–H and O–H groups in total. The number of carbonyl (C=O) groups excluding carboxylic acids is 1. The second-order valence-corrected chi connectivity index (χ2v) is 5.91. The normalized spacial score (nSPS) is 11.2. The Labute approximate surface area is 141 Å². The van der Waals surface area contributed by atoms with Gasteiger partial charge >= 0.3 is 5.97 Å². The molecule has 124 valence electrons. The summed E-state index contributed by atoms with van der Waals surface area (Å²) in [6.45, 7) is 2.98. The highest BCUT2D eigenvalue weighted by molar-refractivity contribution is 5.98. The van der Waals surface area contributed by atoms with Crippen molar-refractivity contribution in [2.45, 2.75) is 13.5 Å². The first-order valence-electron chi connectivity index (χ1n) is 7.97. The maximum atomic E-state index is 12.4. The lowest BCUT2D eigenvalue weighted by Gasteiger charge is -2.10. The van der Waals surface area contributed by atoms with E-state index in [9.17, 15) is 4.79 Å². The van der Waals surface area contributed by atoms with E-state index in [0.29, 0.717) is 12.2 Å². The number of ether oxygens (including phenoxy) is 1. The van der Waals surface area contributed by atoms with Gasteiger partial charge in [-0.3, -0.25) is 4.98 Å². The maximum Gasteiger partial charge on any atom is 0.340 e. The number of hydrogen-bond donors (Lipinski definition) is 0. The number of esters is 1. The van der Waals surface area contributed by atoms with Crippen molar-refractivity contribution in [3.63, 3.8) is 0 Å². The van der Waals surface area contributed by atoms with Gasteiger partial charge in [-0.1, -0.05) is 12.1 Å². The van der Waals surface area contributed by atoms with E-state index >= 15 is 0 Å². The van der Waals surface area contributed by atoms with Gasteiger partial charge in [0.1, 0.15) is 0 Å². The van der Waals surface area contributed by atoms with Crippen molar-refractivity contribution in [1.29, 1.82) is 0 Å². The number of nitrogens with zero attached hydrogens (tertiary/aromatic N) is 3. The molecule has 0 aliphatic carbocycles. The molecule has 0 bridgehead atoms. The van der Waals surface area contributed by atoms with Gasteiger partial charge in [0.2, 0.25) is 0 Å². The van der Waals surface area contributed by atoms with Crippen LogP contribution in [0.5, 0.6) is 0 Å². The summed E-state index contributed by atoms with van der Waals surface area (Å²) in [4.78, 5) is 19.0. The Balaban J connectivity index is 2.09. The van der Waals surface area contributed by atoms with Crippen molar-refractivity contribution in [1.82, 2.24) is 14.3 Å². The molecular weight excluding hydrogens is 302 g/mol. The molecule has 0 spiro atoms. The van der Waals surface area contributed by atoms with Gasteiger partial charge in [-0.2, -0.15) is 0 Å². The average Bonchev–Trinajstić information content (AvgIpc) is 2.95. The lowest BCUT2D eigenvalue weighted by Crippen LogP contribution is -2.11. The zero-order valence-electron chi connectivity index (χ0n) is 14.2. The molecule has 24 heavy (non-hydrogen) atoms. The second-order valence-electron chi connectivity index (χ2n) is 5.91. The molecule has 0 amide bonds. The molecule has 3 rings (SSSR count). The van der Waals surface area contributed by atoms with Crippen molar-refractivity contribution in [2.24, 2.45) is 0 Å². The van der Waals surface area contributed by atoms with Gasteiger partial charge in [0.05, 0.1) is 23.6 Å². The van der Waals surface area contributed by atoms with Crippen LogP contribution < -0.4 is 0 Å². The summed E-state index contributed by atoms with van der Waals surface area (Å²) in [6.07, 6.45) is 3.79. The number of pyridine rings is 2. The molecule has 0 saturated heterocycles. The number of rotatable bonds is 5. The van der Waals surface area contributed by atoms with E-state index < -0.39 is 0 Å². The van der Waals surface area contributed by atoms with Crippen LogP contribution in [0.3, 0.4) is 0 Å². The summed E-state index contributed by atoms with van der Waals surface area (Å²) in [7, 11) is 4.04. The van der Waals surface area contributed by atoms with Crippen LogP contribution in [0.1, 0.15) is 22.8 Å². The maximum absolute atomic E-state index is 12.4. The smallest absolute Gasteiger partial charge is 0.340 e. The minimum Gasteiger partial charge on any atom is -0.462 e. The highest BCUT2D eigenvalue weighted by Gasteiger charge is 2.20. The Morgan fingerprint density at radius 1 is 1.25 bits per heavy atom. The van der Waals surface area contributed by atoms with Gasteiger partial charge < -0.3 is 14.0 Å². The second kappa shape index (κ2) is 6.84. The van der Waals surface area contributed by atoms with Crippen LogP contribution in [-0.4, -0.2) is 41.0 Å². The Morgan fingerprint density at radius 2 is 2.08 bits per heavy atom. The molecule has 0 aliphatic rings. The topological polar surface area (TPSA) is 46.8 Å². The van der Waals surface area contributed by atoms with E-state index in [1.54, 1.807) is 0 Å². The van der Waals surface area contributed by atoms with E-state index in [0.717, 1.165) is 29.0 Å². The first kappa shape index (κ1) is 16.2. The molecular formula is C19H21N3O2. The van der Waals surface area contributed by atoms with Crippen LogP contribution >= 0.6 is 0 Å². The number of carbonyl (C=O) groups is 1. The third-order valence-corrected chi connectivity index (χ3v) is 3.74. The van der Waals surface area contributed by atoms with E-state index in [-0.39, 0.29) is 5.97 Å². The predicted octanol–water partition coefficient (Wildman–Crippen LogP) is 3.24. The summed E-state index contributed by atoms with van der Waals surface area (Å²) in [5, 5.41) is 0. The summed E-state index contributed by atoms with van der Waals surface area (Å²) >= 11 is 0. The zero-order chi connectivity index (χ0) is 17.1. The fourth-order valence-electron chi connectivity index (χ4n) is 2.77. The lowest BCUT2D eigenvalue weighted by molar-refractivity contribution is 0.0527. The van der Waals surface area contributed by atoms with E-state index in [2.05, 4.69) is 9.88 Å². The van der Waals surface area contributed by atoms with Crippen LogP contribution in [0.15, 0.2) is 48.8 Å². The largest absolute Gasteiger partial charge is 0.462 e. The molecule has 0 aromatic carbocycles. The lowest BCUT2D eigenvalue weighted by atomic mass is 10.1. The van der Waals surface area contributed by atoms with Crippen molar-refractivity contribution < 1.29 is 9.53 Å². The van der Waals surface area contributed by atoms with Crippen LogP contribution in [-0.2, 0) is 11.3 Å². The Hall–Kier alpha value is -2.66. The molecule has 3 aromatic heterocycles. The standard InChI is InChI=1S/C19H21N3O2/c1-4-24-19(23)16-11-15-7-5-6-10-22(15)18(16)17-9-8-14(12-20-17)13-21(2)3/h5-12H,4,13H2,1-3H3. The van der Waals surface area contributed by atoms with E-state index in [4.69, 9.17) is 4.74 Å². The fraction of sp³-hybridized carbons (Fsp3) is 0.263.